The molecule has 3 aliphatic heterocycles. The van der Waals surface area contributed by atoms with Crippen LogP contribution in [0.25, 0.3) is 11.4 Å². The van der Waals surface area contributed by atoms with Crippen molar-refractivity contribution >= 4 is 28.9 Å². The van der Waals surface area contributed by atoms with Crippen LogP contribution in [0.3, 0.4) is 0 Å². The Bertz CT molecular complexity index is 1660. The summed E-state index contributed by atoms with van der Waals surface area (Å²) >= 11 is 0. The lowest BCUT2D eigenvalue weighted by molar-refractivity contribution is -0.274. The molecule has 0 radical (unpaired) electrons. The molecule has 49 heavy (non-hydrogen) atoms. The van der Waals surface area contributed by atoms with Gasteiger partial charge >= 0.3 is 6.36 Å². The van der Waals surface area contributed by atoms with E-state index in [-0.39, 0.29) is 34.4 Å². The first-order valence-electron chi connectivity index (χ1n) is 16.9. The molecule has 7 rings (SSSR count). The lowest BCUT2D eigenvalue weighted by atomic mass is 9.92. The number of nitrogens with one attached hydrogen (secondary N) is 3. The molecule has 264 valence electrons. The van der Waals surface area contributed by atoms with Crippen LogP contribution in [0.15, 0.2) is 24.3 Å². The standard InChI is InChI=1S/C33H43F3N10O3/c1-20-17-23(43-42-20)27-30(39-26-7-16-48-19-32(26)8-9-32)41-31(28(40-27)29(37)47)38-21-3-4-24(25(18-21)49-33(34,35)36)46-10-5-22(6-11-46)45-14-12-44(2)13-15-45/h3-4,17-18,22,26H,5-16,19H2,1-2H3,(H2,37,47)(H,42,43)(H2,38,39,41). The van der Waals surface area contributed by atoms with Gasteiger partial charge in [0.25, 0.3) is 5.91 Å². The third kappa shape index (κ3) is 7.40. The molecule has 1 spiro atoms. The Morgan fingerprint density at radius 2 is 1.82 bits per heavy atom. The van der Waals surface area contributed by atoms with Crippen LogP contribution >= 0.6 is 0 Å². The van der Waals surface area contributed by atoms with Crippen molar-refractivity contribution in [1.82, 2.24) is 30.0 Å². The fourth-order valence-corrected chi connectivity index (χ4v) is 7.30. The van der Waals surface area contributed by atoms with Crippen LogP contribution in [-0.2, 0) is 4.74 Å². The van der Waals surface area contributed by atoms with E-state index in [1.54, 1.807) is 18.2 Å². The number of alkyl halides is 3. The number of carbonyl (C=O) groups is 1. The van der Waals surface area contributed by atoms with Gasteiger partial charge in [0.2, 0.25) is 0 Å². The number of rotatable bonds is 9. The highest BCUT2D eigenvalue weighted by atomic mass is 19.4. The summed E-state index contributed by atoms with van der Waals surface area (Å²) in [6.07, 6.45) is -0.431. The minimum absolute atomic E-state index is 0.00149. The summed E-state index contributed by atoms with van der Waals surface area (Å²) in [6.45, 7) is 8.30. The summed E-state index contributed by atoms with van der Waals surface area (Å²) in [4.78, 5) is 28.8. The number of halogens is 3. The number of anilines is 4. The second-order valence-electron chi connectivity index (χ2n) is 13.7. The number of ether oxygens (including phenoxy) is 2. The van der Waals surface area contributed by atoms with E-state index in [1.165, 1.54) is 6.07 Å². The molecule has 1 aromatic carbocycles. The number of hydrogen-bond acceptors (Lipinski definition) is 11. The number of H-pyrrole nitrogens is 1. The van der Waals surface area contributed by atoms with Gasteiger partial charge in [0.05, 0.1) is 12.3 Å². The van der Waals surface area contributed by atoms with Gasteiger partial charge in [-0.1, -0.05) is 0 Å². The molecule has 2 aromatic heterocycles. The Labute approximate surface area is 282 Å². The number of likely N-dealkylation sites (N-methyl/N-ethyl adjacent to an activating group) is 1. The number of hydrogen-bond donors (Lipinski definition) is 4. The molecule has 3 aromatic rings. The molecule has 5 heterocycles. The van der Waals surface area contributed by atoms with Gasteiger partial charge in [-0.25, -0.2) is 9.97 Å². The number of nitrogens with two attached hydrogens (primary N) is 1. The first-order chi connectivity index (χ1) is 23.5. The second-order valence-corrected chi connectivity index (χ2v) is 13.7. The number of amides is 1. The molecule has 0 bridgehead atoms. The molecule has 4 aliphatic rings. The van der Waals surface area contributed by atoms with Gasteiger partial charge in [0, 0.05) is 80.8 Å². The zero-order valence-electron chi connectivity index (χ0n) is 27.8. The molecule has 1 amide bonds. The van der Waals surface area contributed by atoms with Gasteiger partial charge in [0.1, 0.15) is 11.4 Å². The van der Waals surface area contributed by atoms with E-state index < -0.39 is 12.3 Å². The summed E-state index contributed by atoms with van der Waals surface area (Å²) in [5.41, 5.74) is 7.77. The molecule has 4 fully saturated rings. The molecule has 1 saturated carbocycles. The van der Waals surface area contributed by atoms with E-state index in [9.17, 15) is 18.0 Å². The predicted octanol–water partition coefficient (Wildman–Crippen LogP) is 4.11. The van der Waals surface area contributed by atoms with E-state index in [0.29, 0.717) is 55.2 Å². The molecule has 1 atom stereocenters. The number of primary amides is 1. The van der Waals surface area contributed by atoms with Gasteiger partial charge in [-0.2, -0.15) is 5.10 Å². The van der Waals surface area contributed by atoms with Gasteiger partial charge in [-0.3, -0.25) is 14.8 Å². The van der Waals surface area contributed by atoms with Gasteiger partial charge < -0.3 is 35.6 Å². The lowest BCUT2D eigenvalue weighted by Gasteiger charge is -2.42. The van der Waals surface area contributed by atoms with Crippen molar-refractivity contribution in [2.45, 2.75) is 57.5 Å². The van der Waals surface area contributed by atoms with Gasteiger partial charge in [-0.05, 0) is 64.3 Å². The van der Waals surface area contributed by atoms with E-state index >= 15 is 0 Å². The molecule has 13 nitrogen and oxygen atoms in total. The molecule has 16 heteroatoms. The van der Waals surface area contributed by atoms with E-state index in [0.717, 1.165) is 64.0 Å². The number of nitrogens with zero attached hydrogens (tertiary/aromatic N) is 6. The van der Waals surface area contributed by atoms with Gasteiger partial charge in [-0.15, -0.1) is 13.2 Å². The van der Waals surface area contributed by atoms with Crippen LogP contribution in [-0.4, -0.2) is 114 Å². The zero-order valence-corrected chi connectivity index (χ0v) is 27.8. The monoisotopic (exact) mass is 684 g/mol. The maximum absolute atomic E-state index is 13.7. The summed E-state index contributed by atoms with van der Waals surface area (Å²) in [5.74, 6) is -0.819. The summed E-state index contributed by atoms with van der Waals surface area (Å²) in [6, 6.07) is 6.77. The fraction of sp³-hybridized carbons (Fsp3) is 0.576. The van der Waals surface area contributed by atoms with Crippen molar-refractivity contribution in [3.8, 4) is 17.1 Å². The van der Waals surface area contributed by atoms with Crippen molar-refractivity contribution in [2.24, 2.45) is 11.1 Å². The minimum atomic E-state index is -4.91. The smallest absolute Gasteiger partial charge is 0.403 e. The average Bonchev–Trinajstić information content (AvgIpc) is 3.70. The minimum Gasteiger partial charge on any atom is -0.403 e. The molecule has 1 unspecified atom stereocenters. The second kappa shape index (κ2) is 13.3. The van der Waals surface area contributed by atoms with Crippen LogP contribution < -0.4 is 26.0 Å². The number of piperazine rings is 1. The molecule has 1 aliphatic carbocycles. The lowest BCUT2D eigenvalue weighted by Crippen LogP contribution is -2.52. The summed E-state index contributed by atoms with van der Waals surface area (Å²) in [7, 11) is 2.12. The van der Waals surface area contributed by atoms with E-state index in [4.69, 9.17) is 15.5 Å². The van der Waals surface area contributed by atoms with Crippen molar-refractivity contribution in [3.63, 3.8) is 0 Å². The number of piperidine rings is 1. The van der Waals surface area contributed by atoms with Crippen LogP contribution in [0.1, 0.15) is 48.3 Å². The summed E-state index contributed by atoms with van der Waals surface area (Å²) < 4.78 is 51.5. The van der Waals surface area contributed by atoms with E-state index in [2.05, 4.69) is 47.4 Å². The predicted molar refractivity (Wildman–Crippen MR) is 178 cm³/mol. The van der Waals surface area contributed by atoms with Crippen LogP contribution in [0.4, 0.5) is 36.2 Å². The van der Waals surface area contributed by atoms with Gasteiger partial charge in [0.15, 0.2) is 23.1 Å². The fourth-order valence-electron chi connectivity index (χ4n) is 7.30. The average molecular weight is 685 g/mol. The van der Waals surface area contributed by atoms with Crippen molar-refractivity contribution in [2.75, 3.05) is 75.1 Å². The summed E-state index contributed by atoms with van der Waals surface area (Å²) in [5, 5.41) is 13.8. The third-order valence-corrected chi connectivity index (χ3v) is 10.3. The maximum Gasteiger partial charge on any atom is 0.573 e. The molecule has 5 N–H and O–H groups in total. The molecule has 3 saturated heterocycles. The van der Waals surface area contributed by atoms with Crippen molar-refractivity contribution < 1.29 is 27.4 Å². The Morgan fingerprint density at radius 1 is 1.06 bits per heavy atom. The van der Waals surface area contributed by atoms with Crippen molar-refractivity contribution in [1.29, 1.82) is 0 Å². The highest BCUT2D eigenvalue weighted by Gasteiger charge is 2.51. The number of benzene rings is 1. The SMILES string of the molecule is Cc1cc(-c2nc(C(N)=O)c(Nc3ccc(N4CCC(N5CCN(C)CC5)CC4)c(OC(F)(F)F)c3)nc2NC2CCOCC23CC3)n[nH]1. The van der Waals surface area contributed by atoms with Crippen molar-refractivity contribution in [3.05, 3.63) is 35.7 Å². The largest absolute Gasteiger partial charge is 0.573 e. The number of aromatic nitrogens is 4. The Morgan fingerprint density at radius 3 is 2.47 bits per heavy atom. The maximum atomic E-state index is 13.7. The molecular weight excluding hydrogens is 641 g/mol. The Hall–Kier alpha value is -4.15. The molecular formula is C33H43F3N10O3. The van der Waals surface area contributed by atoms with Crippen LogP contribution in [0.2, 0.25) is 0 Å². The van der Waals surface area contributed by atoms with Crippen LogP contribution in [0.5, 0.6) is 5.75 Å². The Kier molecular flexibility index (Phi) is 9.04. The van der Waals surface area contributed by atoms with Crippen LogP contribution in [0, 0.1) is 12.3 Å². The highest BCUT2D eigenvalue weighted by molar-refractivity contribution is 5.97. The number of aryl methyl sites for hydroxylation is 1. The number of carbonyl (C=O) groups excluding carboxylic acids is 1. The zero-order chi connectivity index (χ0) is 34.3. The third-order valence-electron chi connectivity index (χ3n) is 10.3. The number of aromatic amines is 1. The quantitative estimate of drug-likeness (QED) is 0.258. The normalized spacial score (nSPS) is 21.9. The Balaban J connectivity index is 1.17. The first kappa shape index (κ1) is 33.4. The topological polar surface area (TPSA) is 150 Å². The van der Waals surface area contributed by atoms with E-state index in [1.807, 2.05) is 11.8 Å². The first-order valence-corrected chi connectivity index (χ1v) is 16.9. The highest BCUT2D eigenvalue weighted by Crippen LogP contribution is 2.52.